The number of halogens is 1. The van der Waals surface area contributed by atoms with E-state index in [-0.39, 0.29) is 36.0 Å². The summed E-state index contributed by atoms with van der Waals surface area (Å²) in [6.07, 6.45) is 4.40. The van der Waals surface area contributed by atoms with Crippen LogP contribution in [0.3, 0.4) is 0 Å². The van der Waals surface area contributed by atoms with Gasteiger partial charge in [-0.3, -0.25) is 9.59 Å². The highest BCUT2D eigenvalue weighted by atomic mass is 19.1. The van der Waals surface area contributed by atoms with E-state index in [1.165, 1.54) is 12.1 Å². The maximum atomic E-state index is 13.0. The Morgan fingerprint density at radius 3 is 2.65 bits per heavy atom. The zero-order valence-corrected chi connectivity index (χ0v) is 13.1. The van der Waals surface area contributed by atoms with Gasteiger partial charge in [0.1, 0.15) is 5.82 Å². The van der Waals surface area contributed by atoms with Crippen molar-refractivity contribution >= 4 is 11.9 Å². The Labute approximate surface area is 135 Å². The van der Waals surface area contributed by atoms with Gasteiger partial charge in [0.25, 0.3) is 0 Å². The molecule has 5 heteroatoms. The Kier molecular flexibility index (Phi) is 4.64. The largest absolute Gasteiger partial charge is 0.481 e. The molecular formula is C18H22FNO3. The minimum atomic E-state index is -0.807. The molecule has 0 spiro atoms. The summed E-state index contributed by atoms with van der Waals surface area (Å²) in [7, 11) is 0. The van der Waals surface area contributed by atoms with Crippen LogP contribution in [0, 0.1) is 11.7 Å². The van der Waals surface area contributed by atoms with E-state index in [0.717, 1.165) is 37.8 Å². The van der Waals surface area contributed by atoms with Gasteiger partial charge in [-0.15, -0.1) is 0 Å². The van der Waals surface area contributed by atoms with Crippen molar-refractivity contribution in [1.82, 2.24) is 4.90 Å². The number of carbonyl (C=O) groups is 2. The predicted octanol–water partition coefficient (Wildman–Crippen LogP) is 3.18. The van der Waals surface area contributed by atoms with Gasteiger partial charge in [-0.1, -0.05) is 12.1 Å². The Morgan fingerprint density at radius 1 is 1.22 bits per heavy atom. The molecule has 3 rings (SSSR count). The number of hydrogen-bond acceptors (Lipinski definition) is 2. The molecule has 3 unspecified atom stereocenters. The van der Waals surface area contributed by atoms with Gasteiger partial charge in [0.15, 0.2) is 0 Å². The number of aliphatic carboxylic acids is 1. The van der Waals surface area contributed by atoms with Crippen molar-refractivity contribution < 1.29 is 19.1 Å². The highest BCUT2D eigenvalue weighted by molar-refractivity contribution is 5.83. The van der Waals surface area contributed by atoms with Crippen LogP contribution < -0.4 is 0 Å². The first kappa shape index (κ1) is 16.0. The lowest BCUT2D eigenvalue weighted by atomic mass is 9.97. The van der Waals surface area contributed by atoms with Crippen molar-refractivity contribution in [3.05, 3.63) is 35.6 Å². The van der Waals surface area contributed by atoms with Crippen LogP contribution in [-0.2, 0) is 9.59 Å². The minimum Gasteiger partial charge on any atom is -0.481 e. The van der Waals surface area contributed by atoms with Crippen LogP contribution in [0.1, 0.15) is 50.0 Å². The number of carbonyl (C=O) groups excluding carboxylic acids is 1. The van der Waals surface area contributed by atoms with E-state index in [2.05, 4.69) is 0 Å². The molecular weight excluding hydrogens is 297 g/mol. The molecule has 1 amide bonds. The molecule has 2 fully saturated rings. The molecule has 1 aromatic carbocycles. The van der Waals surface area contributed by atoms with Gasteiger partial charge in [0.2, 0.25) is 5.91 Å². The van der Waals surface area contributed by atoms with Crippen molar-refractivity contribution in [2.45, 2.75) is 50.5 Å². The maximum Gasteiger partial charge on any atom is 0.303 e. The first-order valence-corrected chi connectivity index (χ1v) is 8.34. The lowest BCUT2D eigenvalue weighted by molar-refractivity contribution is -0.140. The Bertz CT molecular complexity index is 586. The number of benzene rings is 1. The molecule has 23 heavy (non-hydrogen) atoms. The summed E-state index contributed by atoms with van der Waals surface area (Å²) in [5.74, 6) is -0.758. The summed E-state index contributed by atoms with van der Waals surface area (Å²) in [5, 5.41) is 8.87. The fourth-order valence-electron chi connectivity index (χ4n) is 3.64. The lowest BCUT2D eigenvalue weighted by Gasteiger charge is -2.36. The summed E-state index contributed by atoms with van der Waals surface area (Å²) in [6.45, 7) is 0.732. The molecule has 1 aromatic rings. The van der Waals surface area contributed by atoms with Crippen molar-refractivity contribution in [1.29, 1.82) is 0 Å². The molecule has 0 bridgehead atoms. The number of amides is 1. The van der Waals surface area contributed by atoms with Crippen LogP contribution >= 0.6 is 0 Å². The third-order valence-electron chi connectivity index (χ3n) is 5.01. The quantitative estimate of drug-likeness (QED) is 0.907. The third-order valence-corrected chi connectivity index (χ3v) is 5.01. The zero-order chi connectivity index (χ0) is 16.4. The topological polar surface area (TPSA) is 57.6 Å². The number of likely N-dealkylation sites (tertiary alicyclic amines) is 1. The molecule has 0 aromatic heterocycles. The fourth-order valence-corrected chi connectivity index (χ4v) is 3.64. The van der Waals surface area contributed by atoms with Gasteiger partial charge in [0, 0.05) is 24.9 Å². The average molecular weight is 319 g/mol. The van der Waals surface area contributed by atoms with Gasteiger partial charge in [-0.05, 0) is 55.7 Å². The Morgan fingerprint density at radius 2 is 1.96 bits per heavy atom. The molecule has 0 radical (unpaired) electrons. The SMILES string of the molecule is O=C(O)CCC1CCCCN1C(=O)C1CC1c1ccc(F)cc1. The van der Waals surface area contributed by atoms with E-state index in [0.29, 0.717) is 6.42 Å². The van der Waals surface area contributed by atoms with Crippen LogP contribution in [0.4, 0.5) is 4.39 Å². The maximum absolute atomic E-state index is 13.0. The summed E-state index contributed by atoms with van der Waals surface area (Å²) in [6, 6.07) is 6.44. The predicted molar refractivity (Wildman–Crippen MR) is 83.5 cm³/mol. The van der Waals surface area contributed by atoms with E-state index in [9.17, 15) is 14.0 Å². The van der Waals surface area contributed by atoms with Gasteiger partial charge in [-0.2, -0.15) is 0 Å². The third kappa shape index (κ3) is 3.71. The molecule has 1 N–H and O–H groups in total. The van der Waals surface area contributed by atoms with E-state index < -0.39 is 5.97 Å². The second kappa shape index (κ2) is 6.69. The van der Waals surface area contributed by atoms with Crippen LogP contribution in [-0.4, -0.2) is 34.5 Å². The van der Waals surface area contributed by atoms with Crippen LogP contribution in [0.5, 0.6) is 0 Å². The van der Waals surface area contributed by atoms with Crippen molar-refractivity contribution in [2.75, 3.05) is 6.54 Å². The van der Waals surface area contributed by atoms with Crippen molar-refractivity contribution in [3.8, 4) is 0 Å². The number of rotatable bonds is 5. The number of piperidine rings is 1. The van der Waals surface area contributed by atoms with Crippen molar-refractivity contribution in [2.24, 2.45) is 5.92 Å². The summed E-state index contributed by atoms with van der Waals surface area (Å²) in [4.78, 5) is 25.5. The van der Waals surface area contributed by atoms with Gasteiger partial charge >= 0.3 is 5.97 Å². The molecule has 2 aliphatic rings. The van der Waals surface area contributed by atoms with Gasteiger partial charge in [0.05, 0.1) is 0 Å². The molecule has 4 nitrogen and oxygen atoms in total. The molecule has 124 valence electrons. The number of nitrogens with zero attached hydrogens (tertiary/aromatic N) is 1. The minimum absolute atomic E-state index is 0.0223. The van der Waals surface area contributed by atoms with E-state index in [1.807, 2.05) is 4.90 Å². The first-order chi connectivity index (χ1) is 11.1. The standard InChI is InChI=1S/C18H22FNO3/c19-13-6-4-12(5-7-13)15-11-16(15)18(23)20-10-2-1-3-14(20)8-9-17(21)22/h4-7,14-16H,1-3,8-11H2,(H,21,22). The van der Waals surface area contributed by atoms with Gasteiger partial charge in [-0.25, -0.2) is 4.39 Å². The summed E-state index contributed by atoms with van der Waals surface area (Å²) in [5.41, 5.74) is 1.02. The number of carboxylic acids is 1. The second-order valence-corrected chi connectivity index (χ2v) is 6.61. The average Bonchev–Trinajstić information content (AvgIpc) is 3.34. The molecule has 3 atom stereocenters. The fraction of sp³-hybridized carbons (Fsp3) is 0.556. The van der Waals surface area contributed by atoms with E-state index in [1.54, 1.807) is 12.1 Å². The van der Waals surface area contributed by atoms with Crippen LogP contribution in [0.25, 0.3) is 0 Å². The summed E-state index contributed by atoms with van der Waals surface area (Å²) >= 11 is 0. The second-order valence-electron chi connectivity index (χ2n) is 6.61. The Hall–Kier alpha value is -1.91. The van der Waals surface area contributed by atoms with Crippen LogP contribution in [0.15, 0.2) is 24.3 Å². The van der Waals surface area contributed by atoms with E-state index in [4.69, 9.17) is 5.11 Å². The van der Waals surface area contributed by atoms with Crippen LogP contribution in [0.2, 0.25) is 0 Å². The molecule has 1 saturated heterocycles. The number of carboxylic acid groups (broad SMARTS) is 1. The summed E-state index contributed by atoms with van der Waals surface area (Å²) < 4.78 is 13.0. The Balaban J connectivity index is 1.62. The van der Waals surface area contributed by atoms with Gasteiger partial charge < -0.3 is 10.0 Å². The molecule has 1 heterocycles. The van der Waals surface area contributed by atoms with E-state index >= 15 is 0 Å². The first-order valence-electron chi connectivity index (χ1n) is 8.34. The lowest BCUT2D eigenvalue weighted by Crippen LogP contribution is -2.44. The van der Waals surface area contributed by atoms with Crippen molar-refractivity contribution in [3.63, 3.8) is 0 Å². The smallest absolute Gasteiger partial charge is 0.303 e. The highest BCUT2D eigenvalue weighted by Gasteiger charge is 2.47. The molecule has 1 aliphatic carbocycles. The monoisotopic (exact) mass is 319 g/mol. The molecule has 1 aliphatic heterocycles. The normalized spacial score (nSPS) is 26.8. The highest BCUT2D eigenvalue weighted by Crippen LogP contribution is 2.49. The number of hydrogen-bond donors (Lipinski definition) is 1. The molecule has 1 saturated carbocycles. The zero-order valence-electron chi connectivity index (χ0n) is 13.1.